The summed E-state index contributed by atoms with van der Waals surface area (Å²) < 4.78 is 0. The molecule has 0 spiro atoms. The van der Waals surface area contributed by atoms with Crippen LogP contribution in [-0.4, -0.2) is 0 Å². The molecule has 0 radical (unpaired) electrons. The van der Waals surface area contributed by atoms with Gasteiger partial charge in [0.25, 0.3) is 0 Å². The van der Waals surface area contributed by atoms with Gasteiger partial charge in [0.1, 0.15) is 0 Å². The molecular formula is C63H69Br3. The SMILES string of the molecule is CC(C)(C)c1cc2c(CBr)c(C(C)(C)C)cc3c2c(c1)c1c2c4cc(C(C)(C)C)c(CBr)c5cc(C(C)(C)C)cc(c54)c2c2c4cc(C(C)(C)C)c(CBr)c5cc(C(C)(C)C)cc(c54)c2c31. The molecule has 10 aromatic carbocycles. The lowest BCUT2D eigenvalue weighted by Crippen LogP contribution is -2.15. The first-order valence-electron chi connectivity index (χ1n) is 24.3. The van der Waals surface area contributed by atoms with Crippen molar-refractivity contribution in [2.75, 3.05) is 0 Å². The second-order valence-electron chi connectivity index (χ2n) is 26.3. The minimum Gasteiger partial charge on any atom is -0.0876 e. The van der Waals surface area contributed by atoms with Crippen molar-refractivity contribution in [3.8, 4) is 0 Å². The Hall–Kier alpha value is -3.24. The molecule has 10 aromatic rings. The monoisotopic (exact) mass is 1060 g/mol. The Labute approximate surface area is 419 Å². The molecule has 0 N–H and O–H groups in total. The van der Waals surface area contributed by atoms with Crippen LogP contribution in [0.25, 0.3) is 97.0 Å². The third kappa shape index (κ3) is 6.50. The zero-order chi connectivity index (χ0) is 48.1. The van der Waals surface area contributed by atoms with E-state index in [-0.39, 0.29) is 32.5 Å². The summed E-state index contributed by atoms with van der Waals surface area (Å²) in [6.07, 6.45) is 0. The topological polar surface area (TPSA) is 0 Å². The number of rotatable bonds is 3. The van der Waals surface area contributed by atoms with Gasteiger partial charge in [0.15, 0.2) is 0 Å². The van der Waals surface area contributed by atoms with Gasteiger partial charge in [-0.15, -0.1) is 0 Å². The van der Waals surface area contributed by atoms with Crippen molar-refractivity contribution in [3.05, 3.63) is 105 Å². The number of fused-ring (bicyclic) bond motifs is 12. The van der Waals surface area contributed by atoms with Gasteiger partial charge in [0.2, 0.25) is 0 Å². The van der Waals surface area contributed by atoms with E-state index in [4.69, 9.17) is 0 Å². The van der Waals surface area contributed by atoms with Crippen LogP contribution in [0.2, 0.25) is 0 Å². The Morgan fingerprint density at radius 1 is 0.242 bits per heavy atom. The summed E-state index contributed by atoms with van der Waals surface area (Å²) in [7, 11) is 0. The fourth-order valence-electron chi connectivity index (χ4n) is 12.1. The van der Waals surface area contributed by atoms with Crippen molar-refractivity contribution in [2.24, 2.45) is 0 Å². The summed E-state index contributed by atoms with van der Waals surface area (Å²) in [5, 5.41) is 27.9. The van der Waals surface area contributed by atoms with Crippen molar-refractivity contribution in [3.63, 3.8) is 0 Å². The molecule has 342 valence electrons. The zero-order valence-electron chi connectivity index (χ0n) is 43.0. The van der Waals surface area contributed by atoms with E-state index < -0.39 is 0 Å². The molecule has 0 aliphatic carbocycles. The average molecular weight is 1070 g/mol. The first-order valence-corrected chi connectivity index (χ1v) is 27.7. The van der Waals surface area contributed by atoms with Crippen molar-refractivity contribution in [2.45, 2.75) is 173 Å². The third-order valence-corrected chi connectivity index (χ3v) is 17.3. The Balaban J connectivity index is 1.70. The molecule has 0 nitrogen and oxygen atoms in total. The molecule has 0 aromatic heterocycles. The third-order valence-electron chi connectivity index (χ3n) is 15.6. The highest BCUT2D eigenvalue weighted by Gasteiger charge is 2.35. The summed E-state index contributed by atoms with van der Waals surface area (Å²) >= 11 is 12.3. The highest BCUT2D eigenvalue weighted by atomic mass is 79.9. The highest BCUT2D eigenvalue weighted by Crippen LogP contribution is 2.59. The fraction of sp³-hybridized carbons (Fsp3) is 0.429. The molecule has 0 aliphatic heterocycles. The summed E-state index contributed by atoms with van der Waals surface area (Å²) in [5.41, 5.74) is 12.4. The van der Waals surface area contributed by atoms with Crippen LogP contribution >= 0.6 is 47.8 Å². The Morgan fingerprint density at radius 2 is 0.424 bits per heavy atom. The standard InChI is InChI=1S/C63H69Br3/c1-58(2,3)31-19-34-43(28-64)46(61(10,11)12)25-40-49(34)37(22-31)52-55(40)53-39-24-33(60(7,8)9)21-36-45(30-66)48(63(16,17)18)27-42(51(36)39)57(53)54-38-23-32(59(4,5)6)20-35-44(29-65)47(62(13,14)15)26-41(50(35)38)56(52)54/h19-27H,28-30H2,1-18H3. The van der Waals surface area contributed by atoms with Crippen molar-refractivity contribution in [1.29, 1.82) is 0 Å². The molecule has 66 heavy (non-hydrogen) atoms. The van der Waals surface area contributed by atoms with Gasteiger partial charge in [-0.1, -0.05) is 191 Å². The largest absolute Gasteiger partial charge is 0.0876 e. The predicted molar refractivity (Wildman–Crippen MR) is 308 cm³/mol. The lowest BCUT2D eigenvalue weighted by molar-refractivity contribution is 0.586. The van der Waals surface area contributed by atoms with E-state index in [1.807, 2.05) is 0 Å². The molecule has 0 bridgehead atoms. The molecular weight excluding hydrogens is 996 g/mol. The first kappa shape index (κ1) is 46.5. The van der Waals surface area contributed by atoms with Gasteiger partial charge < -0.3 is 0 Å². The molecule has 0 amide bonds. The van der Waals surface area contributed by atoms with Crippen molar-refractivity contribution >= 4 is 145 Å². The minimum absolute atomic E-state index is 0.0531. The predicted octanol–water partition coefficient (Wildman–Crippen LogP) is 20.8. The van der Waals surface area contributed by atoms with Crippen molar-refractivity contribution < 1.29 is 0 Å². The Bertz CT molecular complexity index is 3180. The Kier molecular flexibility index (Phi) is 10.2. The van der Waals surface area contributed by atoms with Crippen LogP contribution in [0, 0.1) is 0 Å². The number of hydrogen-bond donors (Lipinski definition) is 0. The molecule has 0 saturated heterocycles. The lowest BCUT2D eigenvalue weighted by Gasteiger charge is -2.26. The van der Waals surface area contributed by atoms with Gasteiger partial charge in [-0.25, -0.2) is 0 Å². The summed E-state index contributed by atoms with van der Waals surface area (Å²) in [6, 6.07) is 23.5. The van der Waals surface area contributed by atoms with Crippen LogP contribution in [0.5, 0.6) is 0 Å². The molecule has 0 heterocycles. The zero-order valence-corrected chi connectivity index (χ0v) is 47.7. The van der Waals surface area contributed by atoms with E-state index in [1.165, 1.54) is 147 Å². The molecule has 0 atom stereocenters. The van der Waals surface area contributed by atoms with Gasteiger partial charge in [-0.3, -0.25) is 0 Å². The second-order valence-corrected chi connectivity index (χ2v) is 28.0. The number of halogens is 3. The van der Waals surface area contributed by atoms with E-state index in [2.05, 4.69) is 227 Å². The van der Waals surface area contributed by atoms with E-state index in [1.54, 1.807) is 0 Å². The summed E-state index contributed by atoms with van der Waals surface area (Å²) in [6.45, 7) is 43.3. The quantitative estimate of drug-likeness (QED) is 0.155. The van der Waals surface area contributed by atoms with Crippen LogP contribution in [-0.2, 0) is 48.5 Å². The maximum Gasteiger partial charge on any atom is 0.0292 e. The highest BCUT2D eigenvalue weighted by molar-refractivity contribution is 9.09. The molecule has 0 fully saturated rings. The molecule has 0 unspecified atom stereocenters. The molecule has 0 saturated carbocycles. The molecule has 3 heteroatoms. The number of hydrogen-bond acceptors (Lipinski definition) is 0. The first-order chi connectivity index (χ1) is 30.4. The van der Waals surface area contributed by atoms with Gasteiger partial charge in [-0.2, -0.15) is 0 Å². The minimum atomic E-state index is -0.0675. The number of alkyl halides is 3. The fourth-order valence-corrected chi connectivity index (χ4v) is 14.0. The maximum atomic E-state index is 4.10. The summed E-state index contributed by atoms with van der Waals surface area (Å²) in [4.78, 5) is 0. The smallest absolute Gasteiger partial charge is 0.0292 e. The van der Waals surface area contributed by atoms with Gasteiger partial charge in [0, 0.05) is 16.0 Å². The lowest BCUT2D eigenvalue weighted by atomic mass is 9.79. The van der Waals surface area contributed by atoms with Crippen molar-refractivity contribution in [1.82, 2.24) is 0 Å². The molecule has 10 rings (SSSR count). The maximum absolute atomic E-state index is 4.10. The van der Waals surface area contributed by atoms with Gasteiger partial charge in [-0.05, 0) is 216 Å². The van der Waals surface area contributed by atoms with E-state index in [0.717, 1.165) is 16.0 Å². The normalized spacial score (nSPS) is 14.3. The van der Waals surface area contributed by atoms with Gasteiger partial charge in [0.05, 0.1) is 0 Å². The van der Waals surface area contributed by atoms with E-state index in [9.17, 15) is 0 Å². The second kappa shape index (κ2) is 14.4. The van der Waals surface area contributed by atoms with Crippen LogP contribution in [0.1, 0.15) is 175 Å². The van der Waals surface area contributed by atoms with Gasteiger partial charge >= 0.3 is 0 Å². The van der Waals surface area contributed by atoms with Crippen LogP contribution in [0.15, 0.2) is 54.6 Å². The Morgan fingerprint density at radius 3 is 0.591 bits per heavy atom. The van der Waals surface area contributed by atoms with Crippen LogP contribution < -0.4 is 0 Å². The summed E-state index contributed by atoms with van der Waals surface area (Å²) in [5.74, 6) is 0. The van der Waals surface area contributed by atoms with Crippen LogP contribution in [0.4, 0.5) is 0 Å². The van der Waals surface area contributed by atoms with E-state index >= 15 is 0 Å². The number of benzene rings is 7. The molecule has 0 aliphatic rings. The average Bonchev–Trinajstić information content (AvgIpc) is 3.82. The van der Waals surface area contributed by atoms with E-state index in [0.29, 0.717) is 0 Å². The van der Waals surface area contributed by atoms with Crippen LogP contribution in [0.3, 0.4) is 0 Å².